The highest BCUT2D eigenvalue weighted by molar-refractivity contribution is 6.06. The number of halogens is 2. The molecule has 1 aromatic heterocycles. The minimum absolute atomic E-state index is 0.00918. The standard InChI is InChI=1S/C51H31F2N5/c52-51(53)41-25-21-33(34-20-23-37-45(29-34)58-44-18-10-9-17-43(44)54-50(58)38-24-19-30-11-7-8-16-36(30)46(37)38)27-39(41)40-28-35(22-26-42(40)51)49-56-47(31-12-3-1-4-13-31)55-48(57-49)32-14-5-2-6-15-32/h1-29,50,54H. The van der Waals surface area contributed by atoms with Crippen LogP contribution in [0, 0.1) is 0 Å². The molecule has 2 aliphatic heterocycles. The first-order valence-electron chi connectivity index (χ1n) is 19.4. The number of hydrogen-bond donors (Lipinski definition) is 1. The van der Waals surface area contributed by atoms with E-state index in [4.69, 9.17) is 15.0 Å². The number of para-hydroxylation sites is 2. The monoisotopic (exact) mass is 751 g/mol. The van der Waals surface area contributed by atoms with Gasteiger partial charge in [0.1, 0.15) is 6.17 Å². The molecule has 0 radical (unpaired) electrons. The van der Waals surface area contributed by atoms with Crippen LogP contribution < -0.4 is 10.2 Å². The van der Waals surface area contributed by atoms with Gasteiger partial charge in [-0.3, -0.25) is 0 Å². The summed E-state index contributed by atoms with van der Waals surface area (Å²) in [6.07, 6.45) is -0.0935. The van der Waals surface area contributed by atoms with E-state index in [0.29, 0.717) is 34.2 Å². The molecule has 0 bridgehead atoms. The topological polar surface area (TPSA) is 53.9 Å². The summed E-state index contributed by atoms with van der Waals surface area (Å²) in [5.74, 6) is -1.72. The Hall–Kier alpha value is -7.51. The van der Waals surface area contributed by atoms with Gasteiger partial charge in [0.25, 0.3) is 5.92 Å². The maximum atomic E-state index is 16.3. The van der Waals surface area contributed by atoms with Gasteiger partial charge in [0, 0.05) is 38.9 Å². The summed E-state index contributed by atoms with van der Waals surface area (Å²) >= 11 is 0. The number of aromatic nitrogens is 3. The Balaban J connectivity index is 1.00. The predicted molar refractivity (Wildman–Crippen MR) is 228 cm³/mol. The first-order valence-corrected chi connectivity index (χ1v) is 19.4. The SMILES string of the molecule is FC1(F)c2ccc(-c3ccc4c(c3)N3c5ccccc5NC3c3ccc5ccccc5c3-4)cc2-c2cc(-c3nc(-c4ccccc4)nc(-c4ccccc4)n3)ccc21. The van der Waals surface area contributed by atoms with Crippen LogP contribution in [0.3, 0.4) is 0 Å². The Morgan fingerprint density at radius 2 is 1.03 bits per heavy atom. The molecule has 0 fully saturated rings. The lowest BCUT2D eigenvalue weighted by Crippen LogP contribution is -2.27. The van der Waals surface area contributed by atoms with Crippen molar-refractivity contribution in [2.75, 3.05) is 10.2 Å². The van der Waals surface area contributed by atoms with Crippen molar-refractivity contribution in [1.82, 2.24) is 15.0 Å². The van der Waals surface area contributed by atoms with E-state index in [1.54, 1.807) is 12.1 Å². The number of nitrogens with zero attached hydrogens (tertiary/aromatic N) is 4. The Morgan fingerprint density at radius 1 is 0.466 bits per heavy atom. The van der Waals surface area contributed by atoms with E-state index < -0.39 is 5.92 Å². The Kier molecular flexibility index (Phi) is 6.90. The molecule has 0 saturated carbocycles. The van der Waals surface area contributed by atoms with E-state index in [9.17, 15) is 0 Å². The molecule has 0 amide bonds. The molecular formula is C51H31F2N5. The lowest BCUT2D eigenvalue weighted by molar-refractivity contribution is 0.0480. The summed E-state index contributed by atoms with van der Waals surface area (Å²) in [5, 5.41) is 6.16. The van der Waals surface area contributed by atoms with Crippen molar-refractivity contribution in [2.45, 2.75) is 12.1 Å². The van der Waals surface area contributed by atoms with Gasteiger partial charge < -0.3 is 10.2 Å². The van der Waals surface area contributed by atoms with Crippen molar-refractivity contribution in [3.05, 3.63) is 193 Å². The Labute approximate surface area is 333 Å². The number of nitrogens with one attached hydrogen (secondary N) is 1. The number of benzene rings is 8. The van der Waals surface area contributed by atoms with Crippen LogP contribution >= 0.6 is 0 Å². The van der Waals surface area contributed by atoms with Crippen LogP contribution in [0.15, 0.2) is 176 Å². The minimum atomic E-state index is -3.16. The van der Waals surface area contributed by atoms with E-state index in [-0.39, 0.29) is 17.3 Å². The lowest BCUT2D eigenvalue weighted by Gasteiger charge is -2.36. The molecule has 9 aromatic rings. The molecule has 1 atom stereocenters. The van der Waals surface area contributed by atoms with Gasteiger partial charge in [0.15, 0.2) is 17.5 Å². The van der Waals surface area contributed by atoms with Crippen molar-refractivity contribution >= 4 is 27.8 Å². The fourth-order valence-corrected chi connectivity index (χ4v) is 9.06. The predicted octanol–water partition coefficient (Wildman–Crippen LogP) is 13.1. The van der Waals surface area contributed by atoms with Crippen LogP contribution in [0.4, 0.5) is 25.8 Å². The van der Waals surface area contributed by atoms with E-state index in [1.807, 2.05) is 78.9 Å². The number of anilines is 3. The molecular weight excluding hydrogens is 721 g/mol. The third-order valence-electron chi connectivity index (χ3n) is 11.8. The molecule has 1 N–H and O–H groups in total. The first-order chi connectivity index (χ1) is 28.5. The quantitative estimate of drug-likeness (QED) is 0.194. The van der Waals surface area contributed by atoms with Crippen molar-refractivity contribution in [1.29, 1.82) is 0 Å². The molecule has 3 heterocycles. The molecule has 1 unspecified atom stereocenters. The second-order valence-corrected chi connectivity index (χ2v) is 15.1. The Bertz CT molecular complexity index is 3090. The third-order valence-corrected chi connectivity index (χ3v) is 11.8. The van der Waals surface area contributed by atoms with Crippen LogP contribution in [0.2, 0.25) is 0 Å². The fourth-order valence-electron chi connectivity index (χ4n) is 9.06. The molecule has 5 nitrogen and oxygen atoms in total. The van der Waals surface area contributed by atoms with Crippen LogP contribution in [0.25, 0.3) is 78.3 Å². The van der Waals surface area contributed by atoms with Crippen molar-refractivity contribution in [3.8, 4) is 67.5 Å². The van der Waals surface area contributed by atoms with Crippen LogP contribution in [-0.4, -0.2) is 15.0 Å². The van der Waals surface area contributed by atoms with Gasteiger partial charge in [0.05, 0.1) is 17.1 Å². The van der Waals surface area contributed by atoms with Crippen LogP contribution in [-0.2, 0) is 5.92 Å². The molecule has 0 spiro atoms. The zero-order valence-corrected chi connectivity index (χ0v) is 30.9. The molecule has 1 aliphatic carbocycles. The number of rotatable bonds is 4. The van der Waals surface area contributed by atoms with Crippen molar-refractivity contribution in [3.63, 3.8) is 0 Å². The van der Waals surface area contributed by atoms with E-state index in [1.165, 1.54) is 28.0 Å². The number of alkyl halides is 2. The summed E-state index contributed by atoms with van der Waals surface area (Å²) < 4.78 is 32.6. The summed E-state index contributed by atoms with van der Waals surface area (Å²) in [7, 11) is 0. The zero-order valence-electron chi connectivity index (χ0n) is 30.9. The van der Waals surface area contributed by atoms with Gasteiger partial charge >= 0.3 is 0 Å². The second-order valence-electron chi connectivity index (χ2n) is 15.1. The molecule has 7 heteroatoms. The Morgan fingerprint density at radius 3 is 1.76 bits per heavy atom. The number of hydrogen-bond acceptors (Lipinski definition) is 5. The summed E-state index contributed by atoms with van der Waals surface area (Å²) in [6, 6.07) is 57.7. The lowest BCUT2D eigenvalue weighted by atomic mass is 9.86. The molecule has 3 aliphatic rings. The number of fused-ring (bicyclic) bond motifs is 13. The van der Waals surface area contributed by atoms with Crippen LogP contribution in [0.1, 0.15) is 22.9 Å². The highest BCUT2D eigenvalue weighted by Gasteiger charge is 2.45. The van der Waals surface area contributed by atoms with Gasteiger partial charge in [-0.05, 0) is 68.9 Å². The van der Waals surface area contributed by atoms with Crippen molar-refractivity contribution < 1.29 is 8.78 Å². The fraction of sp³-hybridized carbons (Fsp3) is 0.0392. The van der Waals surface area contributed by atoms with Gasteiger partial charge in [-0.1, -0.05) is 146 Å². The normalized spacial score (nSPS) is 15.1. The van der Waals surface area contributed by atoms with E-state index in [2.05, 4.69) is 89.1 Å². The molecule has 8 aromatic carbocycles. The van der Waals surface area contributed by atoms with Gasteiger partial charge in [-0.2, -0.15) is 8.78 Å². The second kappa shape index (κ2) is 12.2. The van der Waals surface area contributed by atoms with Crippen molar-refractivity contribution in [2.24, 2.45) is 0 Å². The summed E-state index contributed by atoms with van der Waals surface area (Å²) in [6.45, 7) is 0. The maximum Gasteiger partial charge on any atom is 0.299 e. The van der Waals surface area contributed by atoms with E-state index in [0.717, 1.165) is 44.9 Å². The summed E-state index contributed by atoms with van der Waals surface area (Å²) in [5.41, 5.74) is 11.8. The highest BCUT2D eigenvalue weighted by atomic mass is 19.3. The first kappa shape index (κ1) is 32.7. The van der Waals surface area contributed by atoms with E-state index >= 15 is 8.78 Å². The van der Waals surface area contributed by atoms with Gasteiger partial charge in [-0.25, -0.2) is 15.0 Å². The van der Waals surface area contributed by atoms with Crippen LogP contribution in [0.5, 0.6) is 0 Å². The summed E-state index contributed by atoms with van der Waals surface area (Å²) in [4.78, 5) is 17.0. The third kappa shape index (κ3) is 4.83. The highest BCUT2D eigenvalue weighted by Crippen LogP contribution is 2.57. The largest absolute Gasteiger partial charge is 0.359 e. The average Bonchev–Trinajstić information content (AvgIpc) is 3.78. The zero-order chi connectivity index (χ0) is 38.5. The van der Waals surface area contributed by atoms with Gasteiger partial charge in [-0.15, -0.1) is 0 Å². The molecule has 58 heavy (non-hydrogen) atoms. The minimum Gasteiger partial charge on any atom is -0.359 e. The molecule has 274 valence electrons. The molecule has 0 saturated heterocycles. The molecule has 12 rings (SSSR count). The smallest absolute Gasteiger partial charge is 0.299 e. The average molecular weight is 752 g/mol. The maximum absolute atomic E-state index is 16.3. The van der Waals surface area contributed by atoms with Gasteiger partial charge in [0.2, 0.25) is 0 Å².